The van der Waals surface area contributed by atoms with Crippen molar-refractivity contribution in [2.75, 3.05) is 7.11 Å². The highest BCUT2D eigenvalue weighted by Gasteiger charge is 2.15. The smallest absolute Gasteiger partial charge is 0.273 e. The number of benzene rings is 2. The third kappa shape index (κ3) is 3.78. The van der Waals surface area contributed by atoms with Gasteiger partial charge >= 0.3 is 0 Å². The molecule has 7 heteroatoms. The summed E-state index contributed by atoms with van der Waals surface area (Å²) in [6.07, 6.45) is 0. The minimum absolute atomic E-state index is 0.269. The lowest BCUT2D eigenvalue weighted by Gasteiger charge is -2.11. The molecule has 0 saturated heterocycles. The number of carbonyl (C=O) groups excluding carboxylic acids is 2. The van der Waals surface area contributed by atoms with E-state index in [9.17, 15) is 9.59 Å². The summed E-state index contributed by atoms with van der Waals surface area (Å²) < 4.78 is 5.83. The number of ether oxygens (including phenoxy) is 1. The summed E-state index contributed by atoms with van der Waals surface area (Å²) in [5.74, 6) is -0.612. The Labute approximate surface area is 140 Å². The van der Waals surface area contributed by atoms with Crippen molar-refractivity contribution in [1.82, 2.24) is 10.9 Å². The summed E-state index contributed by atoms with van der Waals surface area (Å²) in [7, 11) is 1.46. The van der Waals surface area contributed by atoms with E-state index in [1.807, 2.05) is 0 Å². The zero-order valence-electron chi connectivity index (χ0n) is 11.5. The number of methoxy groups -OCH3 is 1. The molecule has 114 valence electrons. The number of hydrogen-bond acceptors (Lipinski definition) is 3. The molecule has 2 aromatic carbocycles. The van der Waals surface area contributed by atoms with Gasteiger partial charge in [-0.25, -0.2) is 0 Å². The first-order valence-electron chi connectivity index (χ1n) is 6.21. The zero-order chi connectivity index (χ0) is 16.1. The average Bonchev–Trinajstić information content (AvgIpc) is 2.52. The van der Waals surface area contributed by atoms with Gasteiger partial charge in [-0.3, -0.25) is 20.4 Å². The van der Waals surface area contributed by atoms with Crippen molar-refractivity contribution in [3.63, 3.8) is 0 Å². The van der Waals surface area contributed by atoms with Crippen molar-refractivity contribution in [1.29, 1.82) is 0 Å². The van der Waals surface area contributed by atoms with Crippen molar-refractivity contribution in [2.24, 2.45) is 0 Å². The second kappa shape index (κ2) is 7.29. The highest BCUT2D eigenvalue weighted by atomic mass is 79.9. The van der Waals surface area contributed by atoms with Gasteiger partial charge in [-0.05, 0) is 30.3 Å². The van der Waals surface area contributed by atoms with Crippen LogP contribution < -0.4 is 15.6 Å². The van der Waals surface area contributed by atoms with E-state index in [-0.39, 0.29) is 11.1 Å². The fourth-order valence-electron chi connectivity index (χ4n) is 1.75. The molecule has 0 aliphatic rings. The molecule has 2 N–H and O–H groups in total. The Hall–Kier alpha value is -2.05. The largest absolute Gasteiger partial charge is 0.496 e. The Morgan fingerprint density at radius 3 is 2.32 bits per heavy atom. The quantitative estimate of drug-likeness (QED) is 0.800. The van der Waals surface area contributed by atoms with Gasteiger partial charge in [-0.2, -0.15) is 0 Å². The van der Waals surface area contributed by atoms with Gasteiger partial charge in [0.15, 0.2) is 0 Å². The Morgan fingerprint density at radius 1 is 1.05 bits per heavy atom. The van der Waals surface area contributed by atoms with Crippen LogP contribution >= 0.6 is 27.5 Å². The second-order valence-electron chi connectivity index (χ2n) is 4.23. The minimum Gasteiger partial charge on any atom is -0.496 e. The van der Waals surface area contributed by atoms with Crippen molar-refractivity contribution in [2.45, 2.75) is 0 Å². The SMILES string of the molecule is COc1ccc(Br)cc1C(=O)NNC(=O)c1ccccc1Cl. The van der Waals surface area contributed by atoms with E-state index in [2.05, 4.69) is 26.8 Å². The lowest BCUT2D eigenvalue weighted by atomic mass is 10.2. The number of hydrogen-bond donors (Lipinski definition) is 2. The minimum atomic E-state index is -0.507. The first-order chi connectivity index (χ1) is 10.5. The number of nitrogens with one attached hydrogen (secondary N) is 2. The van der Waals surface area contributed by atoms with Crippen LogP contribution in [0.15, 0.2) is 46.9 Å². The molecular formula is C15H12BrClN2O3. The lowest BCUT2D eigenvalue weighted by Crippen LogP contribution is -2.41. The van der Waals surface area contributed by atoms with E-state index < -0.39 is 11.8 Å². The standard InChI is InChI=1S/C15H12BrClN2O3/c1-22-13-7-6-9(16)8-11(13)15(21)19-18-14(20)10-4-2-3-5-12(10)17/h2-8H,1H3,(H,18,20)(H,19,21). The molecule has 0 aliphatic carbocycles. The first-order valence-corrected chi connectivity index (χ1v) is 7.38. The maximum Gasteiger partial charge on any atom is 0.273 e. The summed E-state index contributed by atoms with van der Waals surface area (Å²) >= 11 is 9.20. The Balaban J connectivity index is 2.09. The normalized spacial score (nSPS) is 9.95. The van der Waals surface area contributed by atoms with Gasteiger partial charge in [0.1, 0.15) is 5.75 Å². The van der Waals surface area contributed by atoms with Crippen LogP contribution in [0.5, 0.6) is 5.75 Å². The van der Waals surface area contributed by atoms with Crippen LogP contribution in [0, 0.1) is 0 Å². The van der Waals surface area contributed by atoms with Gasteiger partial charge in [0.25, 0.3) is 11.8 Å². The molecule has 0 unspecified atom stereocenters. The van der Waals surface area contributed by atoms with Gasteiger partial charge in [0.05, 0.1) is 23.3 Å². The molecule has 0 bridgehead atoms. The topological polar surface area (TPSA) is 67.4 Å². The third-order valence-electron chi connectivity index (χ3n) is 2.81. The van der Waals surface area contributed by atoms with Crippen LogP contribution in [-0.2, 0) is 0 Å². The van der Waals surface area contributed by atoms with E-state index in [1.54, 1.807) is 42.5 Å². The van der Waals surface area contributed by atoms with Gasteiger partial charge in [0.2, 0.25) is 0 Å². The molecule has 0 radical (unpaired) electrons. The number of rotatable bonds is 3. The molecule has 0 aromatic heterocycles. The predicted molar refractivity (Wildman–Crippen MR) is 87.1 cm³/mol. The van der Waals surface area contributed by atoms with Crippen LogP contribution in [0.1, 0.15) is 20.7 Å². The molecule has 0 heterocycles. The second-order valence-corrected chi connectivity index (χ2v) is 5.56. The number of hydrazine groups is 1. The van der Waals surface area contributed by atoms with Gasteiger partial charge in [0, 0.05) is 4.47 Å². The predicted octanol–water partition coefficient (Wildman–Crippen LogP) is 3.19. The fourth-order valence-corrected chi connectivity index (χ4v) is 2.33. The maximum absolute atomic E-state index is 12.1. The van der Waals surface area contributed by atoms with E-state index in [4.69, 9.17) is 16.3 Å². The lowest BCUT2D eigenvalue weighted by molar-refractivity contribution is 0.0845. The molecule has 0 saturated carbocycles. The van der Waals surface area contributed by atoms with Gasteiger partial charge in [-0.1, -0.05) is 39.7 Å². The van der Waals surface area contributed by atoms with Crippen molar-refractivity contribution >= 4 is 39.3 Å². The van der Waals surface area contributed by atoms with Crippen LogP contribution in [0.2, 0.25) is 5.02 Å². The van der Waals surface area contributed by atoms with Crippen molar-refractivity contribution in [3.8, 4) is 5.75 Å². The summed E-state index contributed by atoms with van der Waals surface area (Å²) in [6.45, 7) is 0. The van der Waals surface area contributed by atoms with E-state index in [0.29, 0.717) is 10.8 Å². The molecule has 2 rings (SSSR count). The van der Waals surface area contributed by atoms with E-state index >= 15 is 0 Å². The number of amides is 2. The Kier molecular flexibility index (Phi) is 5.41. The average molecular weight is 384 g/mol. The fraction of sp³-hybridized carbons (Fsp3) is 0.0667. The van der Waals surface area contributed by atoms with E-state index in [0.717, 1.165) is 4.47 Å². The molecule has 2 amide bonds. The molecule has 0 atom stereocenters. The third-order valence-corrected chi connectivity index (χ3v) is 3.64. The summed E-state index contributed by atoms with van der Waals surface area (Å²) in [6, 6.07) is 11.5. The zero-order valence-corrected chi connectivity index (χ0v) is 13.9. The summed E-state index contributed by atoms with van der Waals surface area (Å²) in [5.41, 5.74) is 5.20. The molecule has 0 fully saturated rings. The van der Waals surface area contributed by atoms with Crippen LogP contribution in [0.25, 0.3) is 0 Å². The monoisotopic (exact) mass is 382 g/mol. The first kappa shape index (κ1) is 16.3. The molecule has 22 heavy (non-hydrogen) atoms. The van der Waals surface area contributed by atoms with E-state index in [1.165, 1.54) is 7.11 Å². The van der Waals surface area contributed by atoms with Crippen LogP contribution in [-0.4, -0.2) is 18.9 Å². The molecule has 2 aromatic rings. The Bertz CT molecular complexity index is 722. The highest BCUT2D eigenvalue weighted by Crippen LogP contribution is 2.22. The number of carbonyl (C=O) groups is 2. The van der Waals surface area contributed by atoms with Gasteiger partial charge < -0.3 is 4.74 Å². The summed E-state index contributed by atoms with van der Waals surface area (Å²) in [5, 5.41) is 0.300. The maximum atomic E-state index is 12.1. The van der Waals surface area contributed by atoms with Crippen LogP contribution in [0.3, 0.4) is 0 Å². The number of halogens is 2. The Morgan fingerprint density at radius 2 is 1.68 bits per heavy atom. The highest BCUT2D eigenvalue weighted by molar-refractivity contribution is 9.10. The van der Waals surface area contributed by atoms with Gasteiger partial charge in [-0.15, -0.1) is 0 Å². The van der Waals surface area contributed by atoms with Crippen molar-refractivity contribution < 1.29 is 14.3 Å². The van der Waals surface area contributed by atoms with Crippen LogP contribution in [0.4, 0.5) is 0 Å². The van der Waals surface area contributed by atoms with Crippen molar-refractivity contribution in [3.05, 3.63) is 63.1 Å². The molecular weight excluding hydrogens is 372 g/mol. The molecule has 0 spiro atoms. The molecule has 5 nitrogen and oxygen atoms in total. The summed E-state index contributed by atoms with van der Waals surface area (Å²) in [4.78, 5) is 24.1. The molecule has 0 aliphatic heterocycles.